The molecule has 22 heavy (non-hydrogen) atoms. The lowest BCUT2D eigenvalue weighted by molar-refractivity contribution is 0.0950. The molecule has 2 heterocycles. The second-order valence-electron chi connectivity index (χ2n) is 5.07. The van der Waals surface area contributed by atoms with Gasteiger partial charge in [0.1, 0.15) is 0 Å². The van der Waals surface area contributed by atoms with Gasteiger partial charge in [-0.1, -0.05) is 12.1 Å². The second-order valence-corrected chi connectivity index (χ2v) is 5.07. The number of benzene rings is 1. The molecule has 0 aliphatic carbocycles. The molecule has 6 heteroatoms. The van der Waals surface area contributed by atoms with Crippen LogP contribution in [0.25, 0.3) is 0 Å². The van der Waals surface area contributed by atoms with Gasteiger partial charge in [-0.3, -0.25) is 14.2 Å². The summed E-state index contributed by atoms with van der Waals surface area (Å²) < 4.78 is 3.54. The van der Waals surface area contributed by atoms with E-state index in [1.165, 1.54) is 0 Å². The predicted octanol–water partition coefficient (Wildman–Crippen LogP) is 1.59. The third-order valence-corrected chi connectivity index (χ3v) is 3.29. The van der Waals surface area contributed by atoms with Gasteiger partial charge < -0.3 is 5.32 Å². The quantitative estimate of drug-likeness (QED) is 0.777. The van der Waals surface area contributed by atoms with E-state index in [-0.39, 0.29) is 5.91 Å². The molecule has 0 spiro atoms. The third-order valence-electron chi connectivity index (χ3n) is 3.29. The van der Waals surface area contributed by atoms with Gasteiger partial charge in [-0.15, -0.1) is 0 Å². The maximum Gasteiger partial charge on any atom is 0.251 e. The van der Waals surface area contributed by atoms with Gasteiger partial charge in [-0.2, -0.15) is 10.2 Å². The summed E-state index contributed by atoms with van der Waals surface area (Å²) in [6.45, 7) is 1.07. The average Bonchev–Trinajstić information content (AvgIpc) is 3.17. The fourth-order valence-electron chi connectivity index (χ4n) is 2.22. The molecular formula is C16H17N5O. The molecular weight excluding hydrogens is 278 g/mol. The van der Waals surface area contributed by atoms with Crippen LogP contribution in [0.15, 0.2) is 55.0 Å². The Morgan fingerprint density at radius 1 is 1.23 bits per heavy atom. The zero-order valence-corrected chi connectivity index (χ0v) is 12.3. The zero-order valence-electron chi connectivity index (χ0n) is 12.3. The highest BCUT2D eigenvalue weighted by Gasteiger charge is 2.07. The minimum atomic E-state index is -0.104. The summed E-state index contributed by atoms with van der Waals surface area (Å²) in [6.07, 6.45) is 5.49. The smallest absolute Gasteiger partial charge is 0.251 e. The fourth-order valence-corrected chi connectivity index (χ4v) is 2.22. The molecule has 0 radical (unpaired) electrons. The first kappa shape index (κ1) is 14.1. The highest BCUT2D eigenvalue weighted by atomic mass is 16.1. The standard InChI is InChI=1S/C16H17N5O/c1-20-9-6-15(19-20)11-17-16(22)14-5-2-4-13(10-14)12-21-8-3-7-18-21/h2-10H,11-12H2,1H3,(H,17,22). The van der Waals surface area contributed by atoms with Crippen molar-refractivity contribution in [2.75, 3.05) is 0 Å². The molecule has 0 fully saturated rings. The molecule has 0 aliphatic heterocycles. The van der Waals surface area contributed by atoms with Crippen molar-refractivity contribution in [2.45, 2.75) is 13.1 Å². The Kier molecular flexibility index (Phi) is 4.00. The monoisotopic (exact) mass is 295 g/mol. The lowest BCUT2D eigenvalue weighted by Gasteiger charge is -2.06. The van der Waals surface area contributed by atoms with Gasteiger partial charge in [0, 0.05) is 31.2 Å². The van der Waals surface area contributed by atoms with Crippen LogP contribution in [0.5, 0.6) is 0 Å². The Balaban J connectivity index is 1.64. The molecule has 0 aliphatic rings. The molecule has 0 saturated heterocycles. The van der Waals surface area contributed by atoms with Crippen LogP contribution >= 0.6 is 0 Å². The van der Waals surface area contributed by atoms with Gasteiger partial charge in [-0.05, 0) is 29.8 Å². The Morgan fingerprint density at radius 3 is 2.86 bits per heavy atom. The number of hydrogen-bond donors (Lipinski definition) is 1. The van der Waals surface area contributed by atoms with Crippen LogP contribution in [0.2, 0.25) is 0 Å². The summed E-state index contributed by atoms with van der Waals surface area (Å²) in [4.78, 5) is 12.2. The number of hydrogen-bond acceptors (Lipinski definition) is 3. The Labute approximate surface area is 128 Å². The first-order chi connectivity index (χ1) is 10.7. The highest BCUT2D eigenvalue weighted by Crippen LogP contribution is 2.07. The number of nitrogens with zero attached hydrogens (tertiary/aromatic N) is 4. The summed E-state index contributed by atoms with van der Waals surface area (Å²) >= 11 is 0. The van der Waals surface area contributed by atoms with Gasteiger partial charge in [-0.25, -0.2) is 0 Å². The van der Waals surface area contributed by atoms with Gasteiger partial charge in [0.05, 0.1) is 18.8 Å². The number of amides is 1. The summed E-state index contributed by atoms with van der Waals surface area (Å²) in [5.74, 6) is -0.104. The summed E-state index contributed by atoms with van der Waals surface area (Å²) in [6, 6.07) is 11.3. The van der Waals surface area contributed by atoms with Crippen molar-refractivity contribution >= 4 is 5.91 Å². The molecule has 112 valence electrons. The lowest BCUT2D eigenvalue weighted by atomic mass is 10.1. The number of nitrogens with one attached hydrogen (secondary N) is 1. The van der Waals surface area contributed by atoms with Crippen LogP contribution in [0.1, 0.15) is 21.6 Å². The molecule has 1 N–H and O–H groups in total. The van der Waals surface area contributed by atoms with Crippen LogP contribution in [0.4, 0.5) is 0 Å². The first-order valence-corrected chi connectivity index (χ1v) is 7.04. The highest BCUT2D eigenvalue weighted by molar-refractivity contribution is 5.94. The number of aromatic nitrogens is 4. The van der Waals surface area contributed by atoms with Crippen LogP contribution < -0.4 is 5.32 Å². The average molecular weight is 295 g/mol. The van der Waals surface area contributed by atoms with E-state index in [0.717, 1.165) is 11.3 Å². The molecule has 6 nitrogen and oxygen atoms in total. The van der Waals surface area contributed by atoms with Crippen molar-refractivity contribution in [1.82, 2.24) is 24.9 Å². The largest absolute Gasteiger partial charge is 0.346 e. The van der Waals surface area contributed by atoms with Crippen molar-refractivity contribution in [3.05, 3.63) is 71.8 Å². The predicted molar refractivity (Wildman–Crippen MR) is 82.1 cm³/mol. The minimum Gasteiger partial charge on any atom is -0.346 e. The molecule has 1 amide bonds. The zero-order chi connectivity index (χ0) is 15.4. The normalized spacial score (nSPS) is 10.6. The summed E-state index contributed by atoms with van der Waals surface area (Å²) in [5.41, 5.74) is 2.51. The number of carbonyl (C=O) groups excluding carboxylic acids is 1. The Bertz CT molecular complexity index is 760. The Hall–Kier alpha value is -2.89. The van der Waals surface area contributed by atoms with E-state index < -0.39 is 0 Å². The number of rotatable bonds is 5. The minimum absolute atomic E-state index is 0.104. The molecule has 3 rings (SSSR count). The van der Waals surface area contributed by atoms with E-state index in [2.05, 4.69) is 15.5 Å². The maximum atomic E-state index is 12.2. The van der Waals surface area contributed by atoms with Crippen molar-refractivity contribution < 1.29 is 4.79 Å². The molecule has 0 bridgehead atoms. The first-order valence-electron chi connectivity index (χ1n) is 7.04. The second kappa shape index (κ2) is 6.26. The number of carbonyl (C=O) groups is 1. The topological polar surface area (TPSA) is 64.7 Å². The van der Waals surface area contributed by atoms with Crippen molar-refractivity contribution in [3.8, 4) is 0 Å². The lowest BCUT2D eigenvalue weighted by Crippen LogP contribution is -2.23. The van der Waals surface area contributed by atoms with E-state index in [0.29, 0.717) is 18.7 Å². The molecule has 1 aromatic carbocycles. The molecule has 0 atom stereocenters. The van der Waals surface area contributed by atoms with E-state index in [1.807, 2.05) is 54.5 Å². The molecule has 0 unspecified atom stereocenters. The van der Waals surface area contributed by atoms with E-state index in [1.54, 1.807) is 16.9 Å². The van der Waals surface area contributed by atoms with Crippen molar-refractivity contribution in [2.24, 2.45) is 7.05 Å². The summed E-state index contributed by atoms with van der Waals surface area (Å²) in [7, 11) is 1.85. The summed E-state index contributed by atoms with van der Waals surface area (Å²) in [5, 5.41) is 11.3. The van der Waals surface area contributed by atoms with Gasteiger partial charge >= 0.3 is 0 Å². The van der Waals surface area contributed by atoms with Crippen molar-refractivity contribution in [3.63, 3.8) is 0 Å². The van der Waals surface area contributed by atoms with Crippen LogP contribution in [-0.4, -0.2) is 25.5 Å². The van der Waals surface area contributed by atoms with Crippen LogP contribution in [0, 0.1) is 0 Å². The molecule has 2 aromatic heterocycles. The molecule has 3 aromatic rings. The maximum absolute atomic E-state index is 12.2. The van der Waals surface area contributed by atoms with E-state index in [9.17, 15) is 4.79 Å². The van der Waals surface area contributed by atoms with Gasteiger partial charge in [0.2, 0.25) is 0 Å². The van der Waals surface area contributed by atoms with Gasteiger partial charge in [0.15, 0.2) is 0 Å². The Morgan fingerprint density at radius 2 is 2.14 bits per heavy atom. The van der Waals surface area contributed by atoms with E-state index in [4.69, 9.17) is 0 Å². The van der Waals surface area contributed by atoms with Crippen molar-refractivity contribution in [1.29, 1.82) is 0 Å². The fraction of sp³-hybridized carbons (Fsp3) is 0.188. The third kappa shape index (κ3) is 3.41. The van der Waals surface area contributed by atoms with Gasteiger partial charge in [0.25, 0.3) is 5.91 Å². The SMILES string of the molecule is Cn1ccc(CNC(=O)c2cccc(Cn3cccn3)c2)n1. The van der Waals surface area contributed by atoms with Crippen LogP contribution in [-0.2, 0) is 20.1 Å². The van der Waals surface area contributed by atoms with E-state index >= 15 is 0 Å². The molecule has 0 saturated carbocycles. The number of aryl methyl sites for hydroxylation is 1. The van der Waals surface area contributed by atoms with Crippen LogP contribution in [0.3, 0.4) is 0 Å².